The standard InChI is InChI=1S/C30H18N3.C12H10N.Ir/c1-32-28-23-17-22-19-11-5-7-13-25(19)33-26-14-8-6-12-21(26)27(29(22)33)20(23)15-16-24(28)31-30(32)18-9-3-2-4-10-18;1-10-7-8-12(13-9-10)11-5-3-2-4-6-11;/h2-9,11-17H,1H3;2-5,7-9H,1H3;/q2*-1;. The minimum absolute atomic E-state index is 0. The maximum atomic E-state index is 5.00. The quantitative estimate of drug-likeness (QED) is 0.164. The predicted octanol–water partition coefficient (Wildman–Crippen LogP) is 10.2. The van der Waals surface area contributed by atoms with Crippen molar-refractivity contribution in [2.75, 3.05) is 0 Å². The van der Waals surface area contributed by atoms with Crippen molar-refractivity contribution >= 4 is 59.9 Å². The molecule has 0 unspecified atom stereocenters. The summed E-state index contributed by atoms with van der Waals surface area (Å²) in [5.41, 5.74) is 10.2. The van der Waals surface area contributed by atoms with E-state index in [-0.39, 0.29) is 20.1 Å². The van der Waals surface area contributed by atoms with Crippen LogP contribution in [-0.4, -0.2) is 18.9 Å². The summed E-state index contributed by atoms with van der Waals surface area (Å²) in [5, 5.41) is 7.73. The number of nitrogens with zero attached hydrogens (tertiary/aromatic N) is 4. The van der Waals surface area contributed by atoms with Gasteiger partial charge in [-0.25, -0.2) is 0 Å². The van der Waals surface area contributed by atoms with Crippen molar-refractivity contribution in [3.8, 4) is 22.6 Å². The Morgan fingerprint density at radius 3 is 1.96 bits per heavy atom. The van der Waals surface area contributed by atoms with Gasteiger partial charge in [-0.1, -0.05) is 54.6 Å². The van der Waals surface area contributed by atoms with Crippen LogP contribution in [0.4, 0.5) is 0 Å². The van der Waals surface area contributed by atoms with Crippen LogP contribution in [0.1, 0.15) is 5.56 Å². The summed E-state index contributed by atoms with van der Waals surface area (Å²) in [5.74, 6) is 0.942. The van der Waals surface area contributed by atoms with Crippen LogP contribution in [0.5, 0.6) is 0 Å². The van der Waals surface area contributed by atoms with Crippen LogP contribution in [0.15, 0.2) is 134 Å². The van der Waals surface area contributed by atoms with Crippen molar-refractivity contribution in [2.24, 2.45) is 7.05 Å². The van der Waals surface area contributed by atoms with Crippen molar-refractivity contribution in [2.45, 2.75) is 6.92 Å². The Labute approximate surface area is 285 Å². The van der Waals surface area contributed by atoms with Gasteiger partial charge in [0, 0.05) is 60.3 Å². The van der Waals surface area contributed by atoms with E-state index in [9.17, 15) is 0 Å². The van der Waals surface area contributed by atoms with E-state index < -0.39 is 0 Å². The Bertz CT molecular complexity index is 2690. The van der Waals surface area contributed by atoms with Gasteiger partial charge in [-0.05, 0) is 47.8 Å². The molecule has 4 aromatic heterocycles. The van der Waals surface area contributed by atoms with Crippen LogP contribution in [0.2, 0.25) is 0 Å². The Morgan fingerprint density at radius 1 is 0.596 bits per heavy atom. The number of para-hydroxylation sites is 2. The molecule has 0 saturated carbocycles. The molecular weight excluding hydrogens is 753 g/mol. The molecule has 6 aromatic carbocycles. The number of hydrogen-bond donors (Lipinski definition) is 0. The first-order valence-corrected chi connectivity index (χ1v) is 15.5. The predicted molar refractivity (Wildman–Crippen MR) is 190 cm³/mol. The number of aromatic nitrogens is 4. The van der Waals surface area contributed by atoms with Crippen LogP contribution < -0.4 is 0 Å². The molecule has 0 N–H and O–H groups in total. The second-order valence-electron chi connectivity index (χ2n) is 11.8. The maximum absolute atomic E-state index is 5.00. The SMILES string of the molecule is Cc1ccc(-c2[c-]cccc2)nc1.Cn1c(-c2[c-]cccc2)nc2ccc3c(cc4c5ccccc5n5c6ccccc6c3c45)c21.[Ir]. The van der Waals surface area contributed by atoms with Crippen molar-refractivity contribution in [3.05, 3.63) is 151 Å². The van der Waals surface area contributed by atoms with E-state index in [1.807, 2.05) is 61.7 Å². The molecule has 0 spiro atoms. The molecule has 0 aliphatic heterocycles. The largest absolute Gasteiger partial charge is 0.366 e. The second-order valence-corrected chi connectivity index (χ2v) is 11.8. The van der Waals surface area contributed by atoms with Crippen LogP contribution >= 0.6 is 0 Å². The minimum Gasteiger partial charge on any atom is -0.366 e. The molecule has 0 amide bonds. The van der Waals surface area contributed by atoms with Crippen molar-refractivity contribution in [1.82, 2.24) is 18.9 Å². The Morgan fingerprint density at radius 2 is 1.26 bits per heavy atom. The van der Waals surface area contributed by atoms with Crippen LogP contribution in [0.3, 0.4) is 0 Å². The molecule has 0 fully saturated rings. The zero-order valence-electron chi connectivity index (χ0n) is 25.8. The van der Waals surface area contributed by atoms with Gasteiger partial charge in [0.05, 0.1) is 33.4 Å². The van der Waals surface area contributed by atoms with Gasteiger partial charge >= 0.3 is 0 Å². The average molecular weight is 781 g/mol. The van der Waals surface area contributed by atoms with Crippen LogP contribution in [0, 0.1) is 19.1 Å². The van der Waals surface area contributed by atoms with Crippen molar-refractivity contribution in [3.63, 3.8) is 0 Å². The van der Waals surface area contributed by atoms with E-state index >= 15 is 0 Å². The van der Waals surface area contributed by atoms with Crippen LogP contribution in [0.25, 0.3) is 82.5 Å². The number of aryl methyl sites for hydroxylation is 2. The minimum atomic E-state index is 0. The molecule has 0 aliphatic rings. The third-order valence-electron chi connectivity index (χ3n) is 9.04. The number of pyridine rings is 1. The van der Waals surface area contributed by atoms with Gasteiger partial charge in [-0.15, -0.1) is 71.8 Å². The summed E-state index contributed by atoms with van der Waals surface area (Å²) >= 11 is 0. The molecule has 47 heavy (non-hydrogen) atoms. The molecule has 0 bridgehead atoms. The fourth-order valence-electron chi connectivity index (χ4n) is 6.98. The van der Waals surface area contributed by atoms with Gasteiger partial charge in [0.15, 0.2) is 0 Å². The van der Waals surface area contributed by atoms with Gasteiger partial charge in [-0.3, -0.25) is 4.98 Å². The van der Waals surface area contributed by atoms with Gasteiger partial charge < -0.3 is 14.0 Å². The topological polar surface area (TPSA) is 35.1 Å². The number of fused-ring (bicyclic) bond motifs is 10. The average Bonchev–Trinajstić information content (AvgIpc) is 3.76. The molecule has 5 heteroatoms. The fraction of sp³-hybridized carbons (Fsp3) is 0.0476. The zero-order chi connectivity index (χ0) is 30.8. The smallest absolute Gasteiger partial charge is 0.0777 e. The van der Waals surface area contributed by atoms with Crippen molar-refractivity contribution < 1.29 is 20.1 Å². The monoisotopic (exact) mass is 781 g/mol. The molecule has 0 atom stereocenters. The zero-order valence-corrected chi connectivity index (χ0v) is 28.2. The molecule has 10 rings (SSSR count). The van der Waals surface area contributed by atoms with E-state index in [1.54, 1.807) is 0 Å². The Balaban J connectivity index is 0.000000196. The second kappa shape index (κ2) is 11.5. The molecule has 227 valence electrons. The van der Waals surface area contributed by atoms with Gasteiger partial charge in [0.1, 0.15) is 0 Å². The summed E-state index contributed by atoms with van der Waals surface area (Å²) < 4.78 is 4.66. The molecule has 4 nitrogen and oxygen atoms in total. The molecule has 1 radical (unpaired) electrons. The summed E-state index contributed by atoms with van der Waals surface area (Å²) in [6.45, 7) is 2.03. The van der Waals surface area contributed by atoms with Crippen molar-refractivity contribution in [1.29, 1.82) is 0 Å². The van der Waals surface area contributed by atoms with E-state index in [0.717, 1.165) is 28.2 Å². The fourth-order valence-corrected chi connectivity index (χ4v) is 6.98. The summed E-state index contributed by atoms with van der Waals surface area (Å²) in [6.07, 6.45) is 1.87. The normalized spacial score (nSPS) is 11.4. The Hall–Kier alpha value is -5.35. The molecule has 0 saturated heterocycles. The molecular formula is C42H28IrN4-2. The maximum Gasteiger partial charge on any atom is 0.0777 e. The number of benzene rings is 6. The van der Waals surface area contributed by atoms with E-state index in [1.165, 1.54) is 59.9 Å². The van der Waals surface area contributed by atoms with Gasteiger partial charge in [0.2, 0.25) is 0 Å². The molecule has 10 aromatic rings. The number of hydrogen-bond acceptors (Lipinski definition) is 2. The first-order valence-electron chi connectivity index (χ1n) is 15.5. The first kappa shape index (κ1) is 29.1. The summed E-state index contributed by atoms with van der Waals surface area (Å²) in [6, 6.07) is 50.8. The molecule has 4 heterocycles. The first-order chi connectivity index (χ1) is 22.7. The van der Waals surface area contributed by atoms with E-state index in [4.69, 9.17) is 4.98 Å². The third kappa shape index (κ3) is 4.54. The number of imidazole rings is 1. The number of rotatable bonds is 2. The molecule has 0 aliphatic carbocycles. The summed E-state index contributed by atoms with van der Waals surface area (Å²) in [7, 11) is 2.12. The van der Waals surface area contributed by atoms with Gasteiger partial charge in [-0.2, -0.15) is 0 Å². The Kier molecular flexibility index (Phi) is 7.09. The third-order valence-corrected chi connectivity index (χ3v) is 9.04. The van der Waals surface area contributed by atoms with E-state index in [2.05, 4.69) is 112 Å². The summed E-state index contributed by atoms with van der Waals surface area (Å²) in [4.78, 5) is 9.32. The van der Waals surface area contributed by atoms with E-state index in [0.29, 0.717) is 0 Å². The van der Waals surface area contributed by atoms with Gasteiger partial charge in [0.25, 0.3) is 0 Å². The van der Waals surface area contributed by atoms with Crippen LogP contribution in [-0.2, 0) is 27.2 Å².